The monoisotopic (exact) mass is 380 g/mol. The Kier molecular flexibility index (Phi) is 5.06. The molecule has 1 aromatic carbocycles. The lowest BCUT2D eigenvalue weighted by Gasteiger charge is -2.06. The number of anilines is 1. The number of halogens is 2. The van der Waals surface area contributed by atoms with Gasteiger partial charge in [0.25, 0.3) is 5.91 Å². The third-order valence-electron chi connectivity index (χ3n) is 3.40. The van der Waals surface area contributed by atoms with Crippen LogP contribution in [0.15, 0.2) is 34.7 Å². The molecule has 0 atom stereocenters. The molecule has 5 nitrogen and oxygen atoms in total. The Morgan fingerprint density at radius 1 is 1.36 bits per heavy atom. The molecule has 0 aliphatic heterocycles. The van der Waals surface area contributed by atoms with Crippen LogP contribution in [-0.2, 0) is 6.61 Å². The zero-order chi connectivity index (χ0) is 18.0. The average molecular weight is 381 g/mol. The first-order chi connectivity index (χ1) is 11.9. The number of furan rings is 1. The van der Waals surface area contributed by atoms with E-state index in [0.717, 1.165) is 16.6 Å². The minimum absolute atomic E-state index is 0.0636. The molecule has 0 radical (unpaired) electrons. The molecule has 25 heavy (non-hydrogen) atoms. The van der Waals surface area contributed by atoms with Crippen molar-refractivity contribution in [2.75, 3.05) is 5.32 Å². The van der Waals surface area contributed by atoms with Gasteiger partial charge in [-0.25, -0.2) is 9.37 Å². The van der Waals surface area contributed by atoms with Gasteiger partial charge in [0, 0.05) is 4.88 Å². The fourth-order valence-electron chi connectivity index (χ4n) is 2.00. The number of thiazole rings is 1. The van der Waals surface area contributed by atoms with E-state index in [1.54, 1.807) is 12.1 Å². The Morgan fingerprint density at radius 2 is 2.16 bits per heavy atom. The minimum atomic E-state index is -0.443. The van der Waals surface area contributed by atoms with Crippen molar-refractivity contribution in [1.29, 1.82) is 0 Å². The van der Waals surface area contributed by atoms with E-state index in [4.69, 9.17) is 20.8 Å². The topological polar surface area (TPSA) is 64.4 Å². The number of ether oxygens (including phenoxy) is 1. The summed E-state index contributed by atoms with van der Waals surface area (Å²) in [5.74, 6) is 0.0901. The quantitative estimate of drug-likeness (QED) is 0.678. The summed E-state index contributed by atoms with van der Waals surface area (Å²) < 4.78 is 23.9. The lowest BCUT2D eigenvalue weighted by atomic mass is 10.3. The number of aryl methyl sites for hydroxylation is 2. The van der Waals surface area contributed by atoms with Crippen LogP contribution in [0, 0.1) is 19.7 Å². The van der Waals surface area contributed by atoms with Gasteiger partial charge in [-0.3, -0.25) is 10.1 Å². The first kappa shape index (κ1) is 17.4. The van der Waals surface area contributed by atoms with E-state index in [-0.39, 0.29) is 23.3 Å². The highest BCUT2D eigenvalue weighted by molar-refractivity contribution is 7.15. The molecule has 3 aromatic rings. The number of hydrogen-bond donors (Lipinski definition) is 1. The molecule has 3 rings (SSSR count). The number of hydrogen-bond acceptors (Lipinski definition) is 5. The van der Waals surface area contributed by atoms with Crippen molar-refractivity contribution in [3.05, 3.63) is 63.3 Å². The van der Waals surface area contributed by atoms with Gasteiger partial charge in [0.05, 0.1) is 10.7 Å². The van der Waals surface area contributed by atoms with E-state index in [0.29, 0.717) is 16.6 Å². The molecule has 0 aliphatic carbocycles. The smallest absolute Gasteiger partial charge is 0.293 e. The van der Waals surface area contributed by atoms with Gasteiger partial charge in [0.2, 0.25) is 0 Å². The second-order valence-corrected chi connectivity index (χ2v) is 6.85. The van der Waals surface area contributed by atoms with Crippen LogP contribution in [0.2, 0.25) is 5.02 Å². The van der Waals surface area contributed by atoms with E-state index in [1.165, 1.54) is 23.5 Å². The van der Waals surface area contributed by atoms with Crippen LogP contribution >= 0.6 is 22.9 Å². The fourth-order valence-corrected chi connectivity index (χ4v) is 3.04. The molecule has 1 amide bonds. The highest BCUT2D eigenvalue weighted by atomic mass is 35.5. The maximum absolute atomic E-state index is 13.0. The van der Waals surface area contributed by atoms with Crippen molar-refractivity contribution in [3.8, 4) is 5.75 Å². The van der Waals surface area contributed by atoms with Crippen molar-refractivity contribution in [1.82, 2.24) is 4.98 Å². The molecule has 0 aliphatic rings. The lowest BCUT2D eigenvalue weighted by Crippen LogP contribution is -2.10. The predicted molar refractivity (Wildman–Crippen MR) is 94.0 cm³/mol. The van der Waals surface area contributed by atoms with Crippen molar-refractivity contribution < 1.29 is 18.3 Å². The van der Waals surface area contributed by atoms with E-state index < -0.39 is 5.82 Å². The molecule has 0 bridgehead atoms. The molecule has 0 fully saturated rings. The van der Waals surface area contributed by atoms with Crippen LogP contribution < -0.4 is 10.1 Å². The van der Waals surface area contributed by atoms with Gasteiger partial charge < -0.3 is 9.15 Å². The number of carbonyl (C=O) groups is 1. The Balaban J connectivity index is 1.62. The van der Waals surface area contributed by atoms with Gasteiger partial charge in [-0.15, -0.1) is 11.3 Å². The molecule has 130 valence electrons. The third-order valence-corrected chi connectivity index (χ3v) is 4.68. The normalized spacial score (nSPS) is 10.7. The standard InChI is InChI=1S/C17H14ClFN2O3S/c1-9-10(2)25-17(20-9)21-16(22)15-6-4-12(24-15)8-23-14-5-3-11(19)7-13(14)18/h3-7H,8H2,1-2H3,(H,20,21,22). The van der Waals surface area contributed by atoms with Crippen molar-refractivity contribution in [3.63, 3.8) is 0 Å². The van der Waals surface area contributed by atoms with Gasteiger partial charge in [-0.05, 0) is 44.2 Å². The zero-order valence-corrected chi connectivity index (χ0v) is 15.0. The summed E-state index contributed by atoms with van der Waals surface area (Å²) in [4.78, 5) is 17.5. The number of nitrogens with one attached hydrogen (secondary N) is 1. The maximum atomic E-state index is 13.0. The van der Waals surface area contributed by atoms with Crippen LogP contribution in [-0.4, -0.2) is 10.9 Å². The summed E-state index contributed by atoms with van der Waals surface area (Å²) >= 11 is 7.29. The van der Waals surface area contributed by atoms with Crippen LogP contribution in [0.4, 0.5) is 9.52 Å². The fraction of sp³-hybridized carbons (Fsp3) is 0.176. The highest BCUT2D eigenvalue weighted by Crippen LogP contribution is 2.26. The minimum Gasteiger partial charge on any atom is -0.484 e. The van der Waals surface area contributed by atoms with Gasteiger partial charge >= 0.3 is 0 Å². The number of benzene rings is 1. The molecule has 8 heteroatoms. The van der Waals surface area contributed by atoms with E-state index in [2.05, 4.69) is 10.3 Å². The Hall–Kier alpha value is -2.38. The number of nitrogens with zero attached hydrogens (tertiary/aromatic N) is 1. The first-order valence-corrected chi connectivity index (χ1v) is 8.54. The maximum Gasteiger partial charge on any atom is 0.293 e. The summed E-state index contributed by atoms with van der Waals surface area (Å²) in [5, 5.41) is 3.38. The predicted octanol–water partition coefficient (Wildman–Crippen LogP) is 4.98. The van der Waals surface area contributed by atoms with Crippen molar-refractivity contribution >= 4 is 34.0 Å². The van der Waals surface area contributed by atoms with Crippen molar-refractivity contribution in [2.45, 2.75) is 20.5 Å². The number of rotatable bonds is 5. The van der Waals surface area contributed by atoms with E-state index >= 15 is 0 Å². The van der Waals surface area contributed by atoms with Gasteiger partial charge in [-0.1, -0.05) is 11.6 Å². The lowest BCUT2D eigenvalue weighted by molar-refractivity contribution is 0.0992. The van der Waals surface area contributed by atoms with Gasteiger partial charge in [0.15, 0.2) is 10.9 Å². The second-order valence-electron chi connectivity index (χ2n) is 5.24. The Morgan fingerprint density at radius 3 is 2.84 bits per heavy atom. The first-order valence-electron chi connectivity index (χ1n) is 7.34. The summed E-state index contributed by atoms with van der Waals surface area (Å²) in [6.07, 6.45) is 0. The summed E-state index contributed by atoms with van der Waals surface area (Å²) in [7, 11) is 0. The SMILES string of the molecule is Cc1nc(NC(=O)c2ccc(COc3ccc(F)cc3Cl)o2)sc1C. The number of amides is 1. The molecule has 0 saturated carbocycles. The summed E-state index contributed by atoms with van der Waals surface area (Å²) in [5.41, 5.74) is 0.880. The van der Waals surface area contributed by atoms with Crippen LogP contribution in [0.3, 0.4) is 0 Å². The molecule has 0 unspecified atom stereocenters. The Bertz CT molecular complexity index is 903. The van der Waals surface area contributed by atoms with Gasteiger partial charge in [-0.2, -0.15) is 0 Å². The molecule has 0 spiro atoms. The molecule has 1 N–H and O–H groups in total. The van der Waals surface area contributed by atoms with E-state index in [1.807, 2.05) is 13.8 Å². The van der Waals surface area contributed by atoms with Crippen molar-refractivity contribution in [2.24, 2.45) is 0 Å². The molecular weight excluding hydrogens is 367 g/mol. The highest BCUT2D eigenvalue weighted by Gasteiger charge is 2.14. The third kappa shape index (κ3) is 4.18. The number of aromatic nitrogens is 1. The van der Waals surface area contributed by atoms with Crippen LogP contribution in [0.1, 0.15) is 26.9 Å². The van der Waals surface area contributed by atoms with Gasteiger partial charge in [0.1, 0.15) is 23.9 Å². The molecule has 0 saturated heterocycles. The molecule has 2 heterocycles. The summed E-state index contributed by atoms with van der Waals surface area (Å²) in [6.45, 7) is 3.88. The summed E-state index contributed by atoms with van der Waals surface area (Å²) in [6, 6.07) is 7.02. The van der Waals surface area contributed by atoms with Crippen LogP contribution in [0.5, 0.6) is 5.75 Å². The Labute approximate surface area is 152 Å². The van der Waals surface area contributed by atoms with Crippen LogP contribution in [0.25, 0.3) is 0 Å². The van der Waals surface area contributed by atoms with E-state index in [9.17, 15) is 9.18 Å². The zero-order valence-electron chi connectivity index (χ0n) is 13.4. The number of carbonyl (C=O) groups excluding carboxylic acids is 1. The average Bonchev–Trinajstić information content (AvgIpc) is 3.14. The second kappa shape index (κ2) is 7.25. The molecular formula is C17H14ClFN2O3S. The largest absolute Gasteiger partial charge is 0.484 e. The molecule has 2 aromatic heterocycles.